The molecule has 1 aliphatic heterocycles. The van der Waals surface area contributed by atoms with Crippen LogP contribution in [-0.2, 0) is 6.42 Å². The quantitative estimate of drug-likeness (QED) is 0.184. The Hall–Kier alpha value is -3.01. The second-order valence-electron chi connectivity index (χ2n) is 10.3. The topological polar surface area (TPSA) is 39.3 Å². The molecule has 1 atom stereocenters. The molecule has 0 saturated carbocycles. The standard InChI is InChI=1S/C33H25BrIN3OS/c1-19-17-23(20(2)37(19)26-14-12-25(35)13-15-26)18-29-32(39)38-31(22-7-10-24(34)11-8-22)28-16-9-21-5-3-4-6-27(21)30(28)36-33(38)40-29/h3-8,10-15,17-18,31H,9,16H2,1-2H3/b29-18+/t31-/m1/s1. The van der Waals surface area contributed by atoms with Crippen molar-refractivity contribution in [2.45, 2.75) is 32.7 Å². The van der Waals surface area contributed by atoms with Gasteiger partial charge in [0.15, 0.2) is 4.80 Å². The predicted octanol–water partition coefficient (Wildman–Crippen LogP) is 7.09. The first-order valence-electron chi connectivity index (χ1n) is 13.2. The summed E-state index contributed by atoms with van der Waals surface area (Å²) in [5.74, 6) is 0. The van der Waals surface area contributed by atoms with Crippen LogP contribution in [0.25, 0.3) is 17.5 Å². The van der Waals surface area contributed by atoms with Crippen LogP contribution in [0.5, 0.6) is 0 Å². The van der Waals surface area contributed by atoms with Crippen LogP contribution in [0.4, 0.5) is 0 Å². The monoisotopic (exact) mass is 717 g/mol. The molecule has 2 aromatic heterocycles. The van der Waals surface area contributed by atoms with Crippen LogP contribution in [0.15, 0.2) is 98.7 Å². The predicted molar refractivity (Wildman–Crippen MR) is 175 cm³/mol. The van der Waals surface area contributed by atoms with E-state index in [1.165, 1.54) is 31.6 Å². The highest BCUT2D eigenvalue weighted by molar-refractivity contribution is 14.1. The van der Waals surface area contributed by atoms with Crippen molar-refractivity contribution in [3.05, 3.63) is 146 Å². The largest absolute Gasteiger partial charge is 0.318 e. The van der Waals surface area contributed by atoms with E-state index in [4.69, 9.17) is 4.99 Å². The number of aromatic nitrogens is 2. The molecule has 0 amide bonds. The molecule has 198 valence electrons. The van der Waals surface area contributed by atoms with Crippen LogP contribution in [0.1, 0.15) is 46.1 Å². The second-order valence-corrected chi connectivity index (χ2v) is 13.5. The number of hydrogen-bond donors (Lipinski definition) is 0. The van der Waals surface area contributed by atoms with Gasteiger partial charge < -0.3 is 4.57 Å². The molecule has 3 aromatic carbocycles. The number of benzene rings is 3. The van der Waals surface area contributed by atoms with Crippen molar-refractivity contribution in [1.82, 2.24) is 9.13 Å². The van der Waals surface area contributed by atoms with E-state index in [0.717, 1.165) is 56.0 Å². The molecule has 1 aliphatic carbocycles. The fraction of sp³-hybridized carbons (Fsp3) is 0.152. The number of fused-ring (bicyclic) bond motifs is 3. The maximum Gasteiger partial charge on any atom is 0.271 e. The van der Waals surface area contributed by atoms with E-state index in [9.17, 15) is 4.79 Å². The minimum atomic E-state index is -0.172. The van der Waals surface area contributed by atoms with Crippen LogP contribution in [0.2, 0.25) is 0 Å². The molecule has 2 aliphatic rings. The van der Waals surface area contributed by atoms with E-state index < -0.39 is 0 Å². The Kier molecular flexibility index (Phi) is 6.56. The second kappa shape index (κ2) is 10.1. The summed E-state index contributed by atoms with van der Waals surface area (Å²) in [5.41, 5.74) is 10.3. The van der Waals surface area contributed by atoms with Gasteiger partial charge in [-0.25, -0.2) is 4.99 Å². The van der Waals surface area contributed by atoms with Crippen LogP contribution in [-0.4, -0.2) is 9.13 Å². The molecule has 0 bridgehead atoms. The van der Waals surface area contributed by atoms with Crippen molar-refractivity contribution in [3.63, 3.8) is 0 Å². The van der Waals surface area contributed by atoms with Crippen LogP contribution in [0, 0.1) is 17.4 Å². The van der Waals surface area contributed by atoms with Gasteiger partial charge in [-0.3, -0.25) is 9.36 Å². The van der Waals surface area contributed by atoms with Crippen LogP contribution < -0.4 is 14.9 Å². The summed E-state index contributed by atoms with van der Waals surface area (Å²) < 4.78 is 7.10. The Bertz CT molecular complexity index is 2010. The molecule has 3 heterocycles. The Morgan fingerprint density at radius 3 is 2.52 bits per heavy atom. The Balaban J connectivity index is 1.43. The summed E-state index contributed by atoms with van der Waals surface area (Å²) in [6, 6.07) is 27.4. The summed E-state index contributed by atoms with van der Waals surface area (Å²) in [5, 5.41) is 0. The van der Waals surface area contributed by atoms with E-state index in [1.54, 1.807) is 0 Å². The van der Waals surface area contributed by atoms with E-state index >= 15 is 0 Å². The number of allylic oxidation sites excluding steroid dienone is 1. The highest BCUT2D eigenvalue weighted by atomic mass is 127. The zero-order chi connectivity index (χ0) is 27.5. The molecule has 0 radical (unpaired) electrons. The molecule has 4 nitrogen and oxygen atoms in total. The Morgan fingerprint density at radius 2 is 1.75 bits per heavy atom. The van der Waals surface area contributed by atoms with E-state index in [-0.39, 0.29) is 11.6 Å². The van der Waals surface area contributed by atoms with Crippen LogP contribution in [0.3, 0.4) is 0 Å². The third kappa shape index (κ3) is 4.30. The number of nitrogens with zero attached hydrogens (tertiary/aromatic N) is 3. The van der Waals surface area contributed by atoms with E-state index in [0.29, 0.717) is 4.53 Å². The van der Waals surface area contributed by atoms with Gasteiger partial charge in [-0.1, -0.05) is 63.7 Å². The first kappa shape index (κ1) is 25.9. The number of hydrogen-bond acceptors (Lipinski definition) is 3. The van der Waals surface area contributed by atoms with Crippen molar-refractivity contribution in [1.29, 1.82) is 0 Å². The fourth-order valence-corrected chi connectivity index (χ4v) is 7.65. The summed E-state index contributed by atoms with van der Waals surface area (Å²) >= 11 is 7.39. The molecule has 40 heavy (non-hydrogen) atoms. The van der Waals surface area contributed by atoms with Crippen LogP contribution >= 0.6 is 49.9 Å². The first-order chi connectivity index (χ1) is 19.4. The average molecular weight is 718 g/mol. The van der Waals surface area contributed by atoms with Gasteiger partial charge in [0, 0.05) is 30.7 Å². The molecule has 5 aromatic rings. The van der Waals surface area contributed by atoms with E-state index in [2.05, 4.69) is 136 Å². The van der Waals surface area contributed by atoms with Crippen molar-refractivity contribution in [3.8, 4) is 5.69 Å². The molecule has 0 fully saturated rings. The van der Waals surface area contributed by atoms with Gasteiger partial charge in [-0.15, -0.1) is 0 Å². The van der Waals surface area contributed by atoms with Crippen molar-refractivity contribution in [2.24, 2.45) is 4.99 Å². The minimum Gasteiger partial charge on any atom is -0.318 e. The zero-order valence-electron chi connectivity index (χ0n) is 22.0. The summed E-state index contributed by atoms with van der Waals surface area (Å²) in [6.45, 7) is 4.23. The summed E-state index contributed by atoms with van der Waals surface area (Å²) in [4.78, 5) is 20.0. The number of halogens is 2. The molecule has 0 spiro atoms. The van der Waals surface area contributed by atoms with Crippen molar-refractivity contribution >= 4 is 61.6 Å². The highest BCUT2D eigenvalue weighted by Crippen LogP contribution is 2.41. The number of rotatable bonds is 3. The highest BCUT2D eigenvalue weighted by Gasteiger charge is 2.32. The SMILES string of the molecule is Cc1cc(/C=c2/sc3n(c2=O)[C@H](c2ccc(Br)cc2)C2=C(N=3)c3ccccc3CC2)c(C)n1-c1ccc(I)cc1. The van der Waals surface area contributed by atoms with Gasteiger partial charge in [0.25, 0.3) is 5.56 Å². The summed E-state index contributed by atoms with van der Waals surface area (Å²) in [6.07, 6.45) is 3.88. The third-order valence-corrected chi connectivity index (χ3v) is 10.1. The number of thiazole rings is 1. The lowest BCUT2D eigenvalue weighted by atomic mass is 9.83. The lowest BCUT2D eigenvalue weighted by Crippen LogP contribution is -2.38. The fourth-order valence-electron chi connectivity index (χ4n) is 6.03. The summed E-state index contributed by atoms with van der Waals surface area (Å²) in [7, 11) is 0. The first-order valence-corrected chi connectivity index (χ1v) is 15.9. The zero-order valence-corrected chi connectivity index (χ0v) is 26.5. The van der Waals surface area contributed by atoms with Gasteiger partial charge in [0.1, 0.15) is 0 Å². The van der Waals surface area contributed by atoms with Gasteiger partial charge in [-0.05, 0) is 120 Å². The van der Waals surface area contributed by atoms with Gasteiger partial charge in [0.2, 0.25) is 0 Å². The number of aryl methyl sites for hydroxylation is 2. The van der Waals surface area contributed by atoms with Crippen molar-refractivity contribution < 1.29 is 0 Å². The molecule has 0 saturated heterocycles. The molecule has 0 unspecified atom stereocenters. The Labute approximate surface area is 258 Å². The molecule has 7 heteroatoms. The lowest BCUT2D eigenvalue weighted by Gasteiger charge is -2.30. The molecule has 0 N–H and O–H groups in total. The maximum absolute atomic E-state index is 14.1. The van der Waals surface area contributed by atoms with Gasteiger partial charge >= 0.3 is 0 Å². The Morgan fingerprint density at radius 1 is 1.00 bits per heavy atom. The molecule has 7 rings (SSSR count). The molecular formula is C33H25BrIN3OS. The van der Waals surface area contributed by atoms with E-state index in [1.807, 2.05) is 10.6 Å². The van der Waals surface area contributed by atoms with Gasteiger partial charge in [0.05, 0.1) is 16.3 Å². The maximum atomic E-state index is 14.1. The minimum absolute atomic E-state index is 0.0149. The van der Waals surface area contributed by atoms with Crippen molar-refractivity contribution in [2.75, 3.05) is 0 Å². The molecular weight excluding hydrogens is 693 g/mol. The van der Waals surface area contributed by atoms with Gasteiger partial charge in [-0.2, -0.15) is 0 Å². The normalized spacial score (nSPS) is 16.4. The third-order valence-electron chi connectivity index (χ3n) is 7.90. The smallest absolute Gasteiger partial charge is 0.271 e. The lowest BCUT2D eigenvalue weighted by molar-refractivity contribution is 0.585. The average Bonchev–Trinajstić information content (AvgIpc) is 3.42.